The Balaban J connectivity index is 1.60. The molecule has 1 aliphatic heterocycles. The third-order valence-electron chi connectivity index (χ3n) is 5.67. The van der Waals surface area contributed by atoms with Crippen molar-refractivity contribution < 1.29 is 19.1 Å². The fourth-order valence-electron chi connectivity index (χ4n) is 3.92. The summed E-state index contributed by atoms with van der Waals surface area (Å²) in [4.78, 5) is 28.3. The Bertz CT molecular complexity index is 936. The number of fused-ring (bicyclic) bond motifs is 1. The fourth-order valence-corrected chi connectivity index (χ4v) is 3.92. The molecule has 146 valence electrons. The van der Waals surface area contributed by atoms with Gasteiger partial charge in [-0.3, -0.25) is 9.59 Å². The Morgan fingerprint density at radius 3 is 2.54 bits per heavy atom. The van der Waals surface area contributed by atoms with Crippen molar-refractivity contribution >= 4 is 23.2 Å². The first kappa shape index (κ1) is 18.3. The zero-order chi connectivity index (χ0) is 19.9. The van der Waals surface area contributed by atoms with Crippen LogP contribution in [0.4, 0.5) is 11.4 Å². The highest BCUT2D eigenvalue weighted by atomic mass is 16.5. The molecule has 6 nitrogen and oxygen atoms in total. The fraction of sp³-hybridized carbons (Fsp3) is 0.364. The zero-order valence-corrected chi connectivity index (χ0v) is 16.3. The lowest BCUT2D eigenvalue weighted by atomic mass is 10.0. The minimum atomic E-state index is -1.01. The van der Waals surface area contributed by atoms with Crippen LogP contribution < -0.4 is 19.7 Å². The summed E-state index contributed by atoms with van der Waals surface area (Å²) in [6, 6.07) is 13.1. The quantitative estimate of drug-likeness (QED) is 0.808. The largest absolute Gasteiger partial charge is 0.497 e. The molecule has 2 aromatic carbocycles. The van der Waals surface area contributed by atoms with Crippen molar-refractivity contribution in [3.8, 4) is 11.5 Å². The second kappa shape index (κ2) is 6.86. The molecule has 0 bridgehead atoms. The van der Waals surface area contributed by atoms with Gasteiger partial charge in [0.2, 0.25) is 11.8 Å². The number of nitrogens with zero attached hydrogens (tertiary/aromatic N) is 1. The van der Waals surface area contributed by atoms with Gasteiger partial charge in [-0.1, -0.05) is 18.2 Å². The molecule has 1 N–H and O–H groups in total. The Labute approximate surface area is 164 Å². The van der Waals surface area contributed by atoms with Crippen LogP contribution in [0, 0.1) is 5.41 Å². The SMILES string of the molecule is COc1ccc(OC)c(NC(=O)C2(C(=O)N3c4ccccc4CC3C)CC2)c1. The molecule has 6 heteroatoms. The number of rotatable bonds is 5. The molecule has 1 unspecified atom stereocenters. The van der Waals surface area contributed by atoms with E-state index >= 15 is 0 Å². The van der Waals surface area contributed by atoms with Crippen LogP contribution in [0.5, 0.6) is 11.5 Å². The van der Waals surface area contributed by atoms with Gasteiger partial charge in [-0.25, -0.2) is 0 Å². The van der Waals surface area contributed by atoms with Crippen molar-refractivity contribution in [1.29, 1.82) is 0 Å². The second-order valence-electron chi connectivity index (χ2n) is 7.46. The van der Waals surface area contributed by atoms with Gasteiger partial charge in [0.15, 0.2) is 0 Å². The van der Waals surface area contributed by atoms with Gasteiger partial charge in [0.25, 0.3) is 0 Å². The average Bonchev–Trinajstić information content (AvgIpc) is 3.45. The van der Waals surface area contributed by atoms with Gasteiger partial charge in [0, 0.05) is 17.8 Å². The number of anilines is 2. The number of carbonyl (C=O) groups excluding carboxylic acids is 2. The predicted molar refractivity (Wildman–Crippen MR) is 107 cm³/mol. The van der Waals surface area contributed by atoms with Gasteiger partial charge in [0.1, 0.15) is 16.9 Å². The van der Waals surface area contributed by atoms with Crippen molar-refractivity contribution in [2.45, 2.75) is 32.2 Å². The third kappa shape index (κ3) is 2.89. The minimum absolute atomic E-state index is 0.0431. The van der Waals surface area contributed by atoms with E-state index in [0.29, 0.717) is 30.0 Å². The lowest BCUT2D eigenvalue weighted by molar-refractivity contribution is -0.132. The first-order chi connectivity index (χ1) is 13.5. The molecule has 0 radical (unpaired) electrons. The van der Waals surface area contributed by atoms with E-state index in [1.54, 1.807) is 37.3 Å². The first-order valence-corrected chi connectivity index (χ1v) is 9.45. The first-order valence-electron chi connectivity index (χ1n) is 9.45. The highest BCUT2D eigenvalue weighted by molar-refractivity contribution is 6.18. The lowest BCUT2D eigenvalue weighted by Gasteiger charge is -2.27. The smallest absolute Gasteiger partial charge is 0.242 e. The molecule has 0 spiro atoms. The van der Waals surface area contributed by atoms with E-state index in [1.807, 2.05) is 31.2 Å². The number of para-hydroxylation sites is 1. The molecule has 2 aromatic rings. The van der Waals surface area contributed by atoms with Crippen molar-refractivity contribution in [3.63, 3.8) is 0 Å². The molecule has 1 saturated carbocycles. The molecule has 0 aromatic heterocycles. The highest BCUT2D eigenvalue weighted by Crippen LogP contribution is 2.50. The Kier molecular flexibility index (Phi) is 4.49. The molecular formula is C22H24N2O4. The van der Waals surface area contributed by atoms with Gasteiger partial charge < -0.3 is 19.7 Å². The Morgan fingerprint density at radius 1 is 1.11 bits per heavy atom. The molecule has 4 rings (SSSR count). The number of amides is 2. The molecule has 2 aliphatic rings. The number of benzene rings is 2. The van der Waals surface area contributed by atoms with Crippen molar-refractivity contribution in [3.05, 3.63) is 48.0 Å². The summed E-state index contributed by atoms with van der Waals surface area (Å²) < 4.78 is 10.6. The van der Waals surface area contributed by atoms with Gasteiger partial charge in [-0.05, 0) is 49.9 Å². The van der Waals surface area contributed by atoms with Crippen LogP contribution in [0.1, 0.15) is 25.3 Å². The van der Waals surface area contributed by atoms with E-state index in [-0.39, 0.29) is 17.9 Å². The number of hydrogen-bond acceptors (Lipinski definition) is 4. The van der Waals surface area contributed by atoms with Gasteiger partial charge in [0.05, 0.1) is 19.9 Å². The Hall–Kier alpha value is -3.02. The van der Waals surface area contributed by atoms with Crippen LogP contribution in [-0.4, -0.2) is 32.1 Å². The van der Waals surface area contributed by atoms with E-state index in [1.165, 1.54) is 0 Å². The summed E-state index contributed by atoms with van der Waals surface area (Å²) >= 11 is 0. The van der Waals surface area contributed by atoms with Gasteiger partial charge in [-0.2, -0.15) is 0 Å². The average molecular weight is 380 g/mol. The molecule has 1 heterocycles. The summed E-state index contributed by atoms with van der Waals surface area (Å²) in [6.07, 6.45) is 1.91. The highest BCUT2D eigenvalue weighted by Gasteiger charge is 2.59. The maximum atomic E-state index is 13.4. The van der Waals surface area contributed by atoms with Crippen molar-refractivity contribution in [2.75, 3.05) is 24.4 Å². The summed E-state index contributed by atoms with van der Waals surface area (Å²) in [6.45, 7) is 2.02. The maximum absolute atomic E-state index is 13.4. The monoisotopic (exact) mass is 380 g/mol. The van der Waals surface area contributed by atoms with Crippen LogP contribution >= 0.6 is 0 Å². The summed E-state index contributed by atoms with van der Waals surface area (Å²) in [5.74, 6) is 0.719. The number of hydrogen-bond donors (Lipinski definition) is 1. The molecule has 1 atom stereocenters. The van der Waals surface area contributed by atoms with E-state index in [2.05, 4.69) is 5.32 Å². The molecular weight excluding hydrogens is 356 g/mol. The number of methoxy groups -OCH3 is 2. The second-order valence-corrected chi connectivity index (χ2v) is 7.46. The van der Waals surface area contributed by atoms with Crippen LogP contribution in [0.3, 0.4) is 0 Å². The van der Waals surface area contributed by atoms with E-state index < -0.39 is 5.41 Å². The van der Waals surface area contributed by atoms with Gasteiger partial charge in [-0.15, -0.1) is 0 Å². The number of nitrogens with one attached hydrogen (secondary N) is 1. The van der Waals surface area contributed by atoms with E-state index in [4.69, 9.17) is 9.47 Å². The van der Waals surface area contributed by atoms with E-state index in [9.17, 15) is 9.59 Å². The Morgan fingerprint density at radius 2 is 1.86 bits per heavy atom. The topological polar surface area (TPSA) is 67.9 Å². The summed E-state index contributed by atoms with van der Waals surface area (Å²) in [5, 5.41) is 2.89. The van der Waals surface area contributed by atoms with Crippen LogP contribution in [-0.2, 0) is 16.0 Å². The number of carbonyl (C=O) groups is 2. The van der Waals surface area contributed by atoms with Crippen LogP contribution in [0.2, 0.25) is 0 Å². The third-order valence-corrected chi connectivity index (χ3v) is 5.67. The predicted octanol–water partition coefficient (Wildman–Crippen LogP) is 3.40. The molecule has 2 amide bonds. The molecule has 1 fully saturated rings. The van der Waals surface area contributed by atoms with Gasteiger partial charge >= 0.3 is 0 Å². The minimum Gasteiger partial charge on any atom is -0.497 e. The van der Waals surface area contributed by atoms with Crippen LogP contribution in [0.15, 0.2) is 42.5 Å². The van der Waals surface area contributed by atoms with Crippen molar-refractivity contribution in [2.24, 2.45) is 5.41 Å². The molecule has 1 aliphatic carbocycles. The number of ether oxygens (including phenoxy) is 2. The van der Waals surface area contributed by atoms with Crippen LogP contribution in [0.25, 0.3) is 0 Å². The van der Waals surface area contributed by atoms with Crippen molar-refractivity contribution in [1.82, 2.24) is 0 Å². The maximum Gasteiger partial charge on any atom is 0.242 e. The molecule has 28 heavy (non-hydrogen) atoms. The standard InChI is InChI=1S/C22H24N2O4/c1-14-12-15-6-4-5-7-18(15)24(14)21(26)22(10-11-22)20(25)23-17-13-16(27-2)8-9-19(17)28-3/h4-9,13-14H,10-12H2,1-3H3,(H,23,25). The summed E-state index contributed by atoms with van der Waals surface area (Å²) in [5.41, 5.74) is 1.55. The van der Waals surface area contributed by atoms with E-state index in [0.717, 1.165) is 17.7 Å². The normalized spacial score (nSPS) is 19.0. The lowest BCUT2D eigenvalue weighted by Crippen LogP contribution is -2.45. The molecule has 0 saturated heterocycles. The zero-order valence-electron chi connectivity index (χ0n) is 16.3. The summed E-state index contributed by atoms with van der Waals surface area (Å²) in [7, 11) is 3.10.